The number of benzene rings is 2. The zero-order chi connectivity index (χ0) is 19.9. The van der Waals surface area contributed by atoms with Crippen LogP contribution in [0, 0.1) is 24.2 Å². The summed E-state index contributed by atoms with van der Waals surface area (Å²) >= 11 is 0. The van der Waals surface area contributed by atoms with E-state index >= 15 is 0 Å². The molecule has 1 heterocycles. The van der Waals surface area contributed by atoms with Crippen molar-refractivity contribution >= 4 is 23.3 Å². The molecular weight excluding hydrogens is 352 g/mol. The van der Waals surface area contributed by atoms with E-state index in [1.165, 1.54) is 0 Å². The highest BCUT2D eigenvalue weighted by Gasteiger charge is 2.28. The second-order valence-corrected chi connectivity index (χ2v) is 7.11. The highest BCUT2D eigenvalue weighted by atomic mass is 16.2. The highest BCUT2D eigenvalue weighted by Crippen LogP contribution is 2.20. The van der Waals surface area contributed by atoms with Gasteiger partial charge in [-0.2, -0.15) is 5.26 Å². The van der Waals surface area contributed by atoms with Crippen molar-refractivity contribution in [3.63, 3.8) is 0 Å². The molecule has 0 aliphatic carbocycles. The highest BCUT2D eigenvalue weighted by molar-refractivity contribution is 5.94. The monoisotopic (exact) mass is 376 g/mol. The molecule has 0 aromatic heterocycles. The zero-order valence-electron chi connectivity index (χ0n) is 15.9. The minimum absolute atomic E-state index is 0.0823. The molecular formula is C22H24N4O2. The number of carbonyl (C=O) groups is 2. The molecule has 0 saturated carbocycles. The number of likely N-dealkylation sites (tertiary alicyclic amines) is 1. The van der Waals surface area contributed by atoms with Crippen LogP contribution in [0.2, 0.25) is 0 Å². The van der Waals surface area contributed by atoms with Gasteiger partial charge in [0.1, 0.15) is 0 Å². The molecule has 2 N–H and O–H groups in total. The fourth-order valence-corrected chi connectivity index (χ4v) is 3.34. The minimum atomic E-state index is -0.240. The van der Waals surface area contributed by atoms with Crippen molar-refractivity contribution in [1.82, 2.24) is 4.90 Å². The van der Waals surface area contributed by atoms with E-state index in [0.29, 0.717) is 25.2 Å². The number of piperidine rings is 1. The summed E-state index contributed by atoms with van der Waals surface area (Å²) in [5, 5.41) is 14.5. The molecule has 1 fully saturated rings. The largest absolute Gasteiger partial charge is 0.326 e. The number of nitriles is 1. The van der Waals surface area contributed by atoms with Crippen LogP contribution >= 0.6 is 0 Å². The van der Waals surface area contributed by atoms with Crippen LogP contribution in [0.25, 0.3) is 0 Å². The lowest BCUT2D eigenvalue weighted by molar-refractivity contribution is -0.121. The molecule has 6 heteroatoms. The van der Waals surface area contributed by atoms with Crippen LogP contribution in [-0.4, -0.2) is 29.9 Å². The number of nitrogens with one attached hydrogen (secondary N) is 2. The number of amides is 3. The van der Waals surface area contributed by atoms with Crippen molar-refractivity contribution < 1.29 is 9.59 Å². The number of hydrogen-bond donors (Lipinski definition) is 2. The molecule has 6 nitrogen and oxygen atoms in total. The second kappa shape index (κ2) is 9.05. The number of urea groups is 1. The van der Waals surface area contributed by atoms with Gasteiger partial charge in [-0.25, -0.2) is 4.79 Å². The van der Waals surface area contributed by atoms with E-state index < -0.39 is 0 Å². The predicted molar refractivity (Wildman–Crippen MR) is 109 cm³/mol. The van der Waals surface area contributed by atoms with Crippen LogP contribution in [0.1, 0.15) is 24.0 Å². The van der Waals surface area contributed by atoms with Crippen LogP contribution in [-0.2, 0) is 11.2 Å². The van der Waals surface area contributed by atoms with E-state index in [-0.39, 0.29) is 17.9 Å². The van der Waals surface area contributed by atoms with Crippen molar-refractivity contribution in [2.24, 2.45) is 5.92 Å². The van der Waals surface area contributed by atoms with E-state index in [4.69, 9.17) is 5.26 Å². The standard InChI is InChI=1S/C22H24N4O2/c1-16-4-2-6-20(14-16)25-22(28)26-13-3-5-18(15-26)21(27)24-19-9-7-17(8-10-19)11-12-23/h2,4,6-10,14,18H,3,5,11,13,15H2,1H3,(H,24,27)(H,25,28). The summed E-state index contributed by atoms with van der Waals surface area (Å²) in [6.45, 7) is 3.02. The summed E-state index contributed by atoms with van der Waals surface area (Å²) < 4.78 is 0. The zero-order valence-corrected chi connectivity index (χ0v) is 15.9. The van der Waals surface area contributed by atoms with Crippen LogP contribution in [0.4, 0.5) is 16.2 Å². The van der Waals surface area contributed by atoms with E-state index in [2.05, 4.69) is 16.7 Å². The minimum Gasteiger partial charge on any atom is -0.326 e. The molecule has 1 unspecified atom stereocenters. The first kappa shape index (κ1) is 19.4. The van der Waals surface area contributed by atoms with Gasteiger partial charge in [0.05, 0.1) is 18.4 Å². The summed E-state index contributed by atoms with van der Waals surface area (Å²) in [6.07, 6.45) is 1.90. The Morgan fingerprint density at radius 3 is 2.64 bits per heavy atom. The van der Waals surface area contributed by atoms with Gasteiger partial charge in [-0.15, -0.1) is 0 Å². The molecule has 1 atom stereocenters. The van der Waals surface area contributed by atoms with Crippen LogP contribution < -0.4 is 10.6 Å². The maximum absolute atomic E-state index is 12.6. The first-order chi connectivity index (χ1) is 13.5. The fraction of sp³-hybridized carbons (Fsp3) is 0.318. The third-order valence-corrected chi connectivity index (χ3v) is 4.85. The Morgan fingerprint density at radius 2 is 1.93 bits per heavy atom. The van der Waals surface area contributed by atoms with E-state index in [1.54, 1.807) is 17.0 Å². The lowest BCUT2D eigenvalue weighted by Gasteiger charge is -2.32. The normalized spacial score (nSPS) is 16.1. The fourth-order valence-electron chi connectivity index (χ4n) is 3.34. The van der Waals surface area contributed by atoms with Gasteiger partial charge in [0.25, 0.3) is 0 Å². The molecule has 0 spiro atoms. The summed E-state index contributed by atoms with van der Waals surface area (Å²) in [5.74, 6) is -0.322. The molecule has 1 saturated heterocycles. The molecule has 28 heavy (non-hydrogen) atoms. The smallest absolute Gasteiger partial charge is 0.321 e. The number of carbonyl (C=O) groups excluding carboxylic acids is 2. The Hall–Kier alpha value is -3.33. The number of rotatable bonds is 4. The maximum atomic E-state index is 12.6. The van der Waals surface area contributed by atoms with Gasteiger partial charge >= 0.3 is 6.03 Å². The molecule has 144 valence electrons. The average Bonchev–Trinajstić information content (AvgIpc) is 2.70. The first-order valence-electron chi connectivity index (χ1n) is 9.44. The summed E-state index contributed by atoms with van der Waals surface area (Å²) in [5.41, 5.74) is 3.45. The first-order valence-corrected chi connectivity index (χ1v) is 9.44. The van der Waals surface area contributed by atoms with Crippen molar-refractivity contribution in [3.05, 3.63) is 59.7 Å². The van der Waals surface area contributed by atoms with Gasteiger partial charge in [-0.1, -0.05) is 24.3 Å². The summed E-state index contributed by atoms with van der Waals surface area (Å²) in [4.78, 5) is 26.9. The Kier molecular flexibility index (Phi) is 6.28. The number of hydrogen-bond acceptors (Lipinski definition) is 3. The molecule has 2 aromatic rings. The topological polar surface area (TPSA) is 85.2 Å². The molecule has 1 aliphatic rings. The van der Waals surface area contributed by atoms with Gasteiger partial charge in [0.15, 0.2) is 0 Å². The number of nitrogens with zero attached hydrogens (tertiary/aromatic N) is 2. The van der Waals surface area contributed by atoms with Crippen molar-refractivity contribution in [2.75, 3.05) is 23.7 Å². The van der Waals surface area contributed by atoms with Crippen molar-refractivity contribution in [3.8, 4) is 6.07 Å². The Bertz CT molecular complexity index is 886. The third-order valence-electron chi connectivity index (χ3n) is 4.85. The lowest BCUT2D eigenvalue weighted by Crippen LogP contribution is -2.45. The summed E-state index contributed by atoms with van der Waals surface area (Å²) in [6, 6.07) is 16.8. The van der Waals surface area contributed by atoms with Gasteiger partial charge < -0.3 is 15.5 Å². The molecule has 3 rings (SSSR count). The van der Waals surface area contributed by atoms with Gasteiger partial charge in [0.2, 0.25) is 5.91 Å². The van der Waals surface area contributed by atoms with E-state index in [9.17, 15) is 9.59 Å². The predicted octanol–water partition coefficient (Wildman–Crippen LogP) is 3.94. The lowest BCUT2D eigenvalue weighted by atomic mass is 9.97. The molecule has 0 radical (unpaired) electrons. The van der Waals surface area contributed by atoms with Gasteiger partial charge in [-0.3, -0.25) is 4.79 Å². The second-order valence-electron chi connectivity index (χ2n) is 7.11. The average molecular weight is 376 g/mol. The SMILES string of the molecule is Cc1cccc(NC(=O)N2CCCC(C(=O)Nc3ccc(CC#N)cc3)C2)c1. The van der Waals surface area contributed by atoms with Crippen molar-refractivity contribution in [1.29, 1.82) is 5.26 Å². The van der Waals surface area contributed by atoms with Crippen LogP contribution in [0.5, 0.6) is 0 Å². The molecule has 2 aromatic carbocycles. The van der Waals surface area contributed by atoms with Crippen LogP contribution in [0.3, 0.4) is 0 Å². The molecule has 3 amide bonds. The van der Waals surface area contributed by atoms with Gasteiger partial charge in [0, 0.05) is 24.5 Å². The molecule has 0 bridgehead atoms. The number of aryl methyl sites for hydroxylation is 1. The Balaban J connectivity index is 1.56. The quantitative estimate of drug-likeness (QED) is 0.847. The van der Waals surface area contributed by atoms with E-state index in [0.717, 1.165) is 29.7 Å². The summed E-state index contributed by atoms with van der Waals surface area (Å²) in [7, 11) is 0. The maximum Gasteiger partial charge on any atom is 0.321 e. The van der Waals surface area contributed by atoms with Gasteiger partial charge in [-0.05, 0) is 55.2 Å². The Morgan fingerprint density at radius 1 is 1.14 bits per heavy atom. The van der Waals surface area contributed by atoms with E-state index in [1.807, 2.05) is 43.3 Å². The van der Waals surface area contributed by atoms with Crippen molar-refractivity contribution in [2.45, 2.75) is 26.2 Å². The number of anilines is 2. The third kappa shape index (κ3) is 5.10. The van der Waals surface area contributed by atoms with Crippen LogP contribution in [0.15, 0.2) is 48.5 Å². The Labute approximate surface area is 165 Å². The molecule has 1 aliphatic heterocycles.